The lowest BCUT2D eigenvalue weighted by atomic mass is 9.65. The number of fused-ring (bicyclic) bond motifs is 2. The maximum absolute atomic E-state index is 13.3. The van der Waals surface area contributed by atoms with Crippen molar-refractivity contribution in [1.82, 2.24) is 0 Å². The number of aliphatic hydroxyl groups excluding tert-OH is 1. The predicted octanol–water partition coefficient (Wildman–Crippen LogP) is 13.9. The Morgan fingerprint density at radius 3 is 1.41 bits per heavy atom. The molecule has 75 heavy (non-hydrogen) atoms. The maximum atomic E-state index is 13.3. The molecule has 6 rings (SSSR count). The van der Waals surface area contributed by atoms with Gasteiger partial charge in [0, 0.05) is 31.6 Å². The van der Waals surface area contributed by atoms with Crippen LogP contribution in [0.1, 0.15) is 199 Å². The van der Waals surface area contributed by atoms with Crippen molar-refractivity contribution >= 4 is 38.2 Å². The summed E-state index contributed by atoms with van der Waals surface area (Å²) >= 11 is 0. The summed E-state index contributed by atoms with van der Waals surface area (Å²) in [6, 6.07) is 0. The number of ether oxygens (including phenoxy) is 4. The molecule has 13 heteroatoms. The largest absolute Gasteiger partial charge is 0.481 e. The van der Waals surface area contributed by atoms with E-state index < -0.39 is 20.4 Å². The lowest BCUT2D eigenvalue weighted by Gasteiger charge is -2.44. The third-order valence-electron chi connectivity index (χ3n) is 17.3. The van der Waals surface area contributed by atoms with Gasteiger partial charge < -0.3 is 33.6 Å². The van der Waals surface area contributed by atoms with Crippen molar-refractivity contribution in [3.8, 4) is 0 Å². The van der Waals surface area contributed by atoms with Crippen LogP contribution in [0.4, 0.5) is 0 Å². The molecule has 0 radical (unpaired) electrons. The van der Waals surface area contributed by atoms with Crippen LogP contribution in [-0.4, -0.2) is 85.0 Å². The zero-order chi connectivity index (χ0) is 55.8. The van der Waals surface area contributed by atoms with Crippen molar-refractivity contribution in [3.05, 3.63) is 47.6 Å². The van der Waals surface area contributed by atoms with E-state index in [-0.39, 0.29) is 89.5 Å². The predicted molar refractivity (Wildman–Crippen MR) is 299 cm³/mol. The fraction of sp³-hybridized carbons (Fsp3) is 0.790. The Labute approximate surface area is 454 Å². The number of carboxylic acid groups (broad SMARTS) is 1. The monoisotopic (exact) mass is 1070 g/mol. The molecule has 2 fully saturated rings. The molecular weight excluding hydrogens is 965 g/mol. The molecule has 14 atom stereocenters. The molecule has 0 amide bonds. The number of cyclic esters (lactones) is 2. The Bertz CT molecular complexity index is 1960. The van der Waals surface area contributed by atoms with Crippen molar-refractivity contribution in [1.29, 1.82) is 0 Å². The molecule has 426 valence electrons. The molecule has 4 aliphatic carbocycles. The molecule has 6 aliphatic rings. The molecule has 0 saturated carbocycles. The van der Waals surface area contributed by atoms with E-state index in [0.29, 0.717) is 48.3 Å². The van der Waals surface area contributed by atoms with E-state index in [4.69, 9.17) is 33.3 Å². The zero-order valence-electron chi connectivity index (χ0n) is 48.9. The third kappa shape index (κ3) is 19.4. The number of carbonyl (C=O) groups is 5. The van der Waals surface area contributed by atoms with E-state index in [0.717, 1.165) is 103 Å². The average Bonchev–Trinajstić information content (AvgIpc) is 3.30. The molecule has 2 unspecified atom stereocenters. The summed E-state index contributed by atoms with van der Waals surface area (Å²) in [6.45, 7) is 29.8. The maximum Gasteiger partial charge on any atom is 0.309 e. The highest BCUT2D eigenvalue weighted by atomic mass is 28.4. The molecule has 2 aliphatic heterocycles. The van der Waals surface area contributed by atoms with Crippen LogP contribution in [0.15, 0.2) is 47.6 Å². The van der Waals surface area contributed by atoms with Gasteiger partial charge >= 0.3 is 23.9 Å². The standard InChI is InChI=1S/C33H56O5Si.C27H42O5.C2H4O2/c1-10-12-24(13-11-2)32(35)37-29-19-22(3)18-25-15-14-23(4)28(31(25)29)17-16-26-20-27(21-30(34)36-26)38-39(8,9)33(5,6)7;1-5-7-19(8-6-2)27(30)32-24-14-17(3)13-20-10-9-18(4)23(26(20)24)12-11-22-15-21(28)16-25(29)31-22;1-2(3)4/h14-15,18,22-24,26-29,31H,10-13,16-17,19-21H2,1-9H3;9-10,13,17-19,21-24,26,28H,5-8,11-12,14-16H2,1-4H3;1H3,(H,3,4)/t22-,23-,26+,27+,28-,29-,31?;17-,18-,21+,22+,23-,24-,26?;/m00./s1. The van der Waals surface area contributed by atoms with Crippen molar-refractivity contribution < 1.29 is 57.6 Å². The lowest BCUT2D eigenvalue weighted by Crippen LogP contribution is -2.47. The van der Waals surface area contributed by atoms with E-state index in [1.165, 1.54) is 11.1 Å². The zero-order valence-corrected chi connectivity index (χ0v) is 49.9. The van der Waals surface area contributed by atoms with Crippen molar-refractivity contribution in [2.75, 3.05) is 0 Å². The Hall–Kier alpha value is -3.55. The molecule has 2 N–H and O–H groups in total. The number of aliphatic carboxylic acids is 1. The first-order valence-corrected chi connectivity index (χ1v) is 32.4. The van der Waals surface area contributed by atoms with Gasteiger partial charge in [0.15, 0.2) is 8.32 Å². The first-order valence-electron chi connectivity index (χ1n) is 29.5. The summed E-state index contributed by atoms with van der Waals surface area (Å²) in [6.07, 6.45) is 27.0. The first kappa shape index (κ1) is 64.0. The SMILES string of the molecule is CC(=O)O.CCCC(CCC)C(=O)O[C@H]1C[C@@H](C)C=C2C=C[C@H](C)[C@H](CC[C@@H]3C[C@@H](O)CC(=O)O3)C21.CCCC(CCC)C(=O)O[C@H]1C[C@@H](C)C=C2C=C[C@H](C)[C@H](CC[C@@H]3C[C@@H](O[Si](C)(C)C(C)(C)C)CC(=O)O3)C21. The van der Waals surface area contributed by atoms with Crippen LogP contribution < -0.4 is 0 Å². The number of hydrogen-bond acceptors (Lipinski definition) is 11. The minimum atomic E-state index is -1.97. The molecule has 0 spiro atoms. The molecule has 0 bridgehead atoms. The molecule has 12 nitrogen and oxygen atoms in total. The Morgan fingerprint density at radius 2 is 1.04 bits per heavy atom. The van der Waals surface area contributed by atoms with Crippen molar-refractivity contribution in [2.45, 2.75) is 253 Å². The topological polar surface area (TPSA) is 172 Å². The number of rotatable bonds is 20. The number of esters is 4. The van der Waals surface area contributed by atoms with Crippen molar-refractivity contribution in [3.63, 3.8) is 0 Å². The number of hydrogen-bond donors (Lipinski definition) is 2. The van der Waals surface area contributed by atoms with Crippen molar-refractivity contribution in [2.24, 2.45) is 59.2 Å². The highest BCUT2D eigenvalue weighted by Crippen LogP contribution is 2.48. The summed E-state index contributed by atoms with van der Waals surface area (Å²) in [5.41, 5.74) is 2.60. The van der Waals surface area contributed by atoms with Gasteiger partial charge in [0.05, 0.1) is 36.9 Å². The third-order valence-corrected chi connectivity index (χ3v) is 21.8. The Balaban J connectivity index is 0.000000308. The van der Waals surface area contributed by atoms with E-state index in [1.54, 1.807) is 0 Å². The summed E-state index contributed by atoms with van der Waals surface area (Å²) < 4.78 is 30.6. The fourth-order valence-corrected chi connectivity index (χ4v) is 14.0. The van der Waals surface area contributed by atoms with E-state index in [2.05, 4.69) is 126 Å². The first-order chi connectivity index (χ1) is 35.3. The highest BCUT2D eigenvalue weighted by molar-refractivity contribution is 6.74. The molecule has 2 saturated heterocycles. The second kappa shape index (κ2) is 30.0. The number of allylic oxidation sites excluding steroid dienone is 6. The van der Waals surface area contributed by atoms with Crippen LogP contribution >= 0.6 is 0 Å². The van der Waals surface area contributed by atoms with Gasteiger partial charge in [-0.1, -0.05) is 138 Å². The van der Waals surface area contributed by atoms with Gasteiger partial charge in [-0.15, -0.1) is 0 Å². The quantitative estimate of drug-likeness (QED) is 0.0672. The minimum absolute atomic E-state index is 0.000785. The second-order valence-electron chi connectivity index (χ2n) is 25.0. The van der Waals surface area contributed by atoms with Gasteiger partial charge in [0.2, 0.25) is 0 Å². The summed E-state index contributed by atoms with van der Waals surface area (Å²) in [5.74, 6) is 1.24. The highest BCUT2D eigenvalue weighted by Gasteiger charge is 2.46. The van der Waals surface area contributed by atoms with Crippen LogP contribution in [0, 0.1) is 59.2 Å². The normalized spacial score (nSPS) is 31.5. The van der Waals surface area contributed by atoms with E-state index in [9.17, 15) is 24.3 Å². The van der Waals surface area contributed by atoms with Crippen LogP contribution in [0.25, 0.3) is 0 Å². The number of carboxylic acids is 1. The molecule has 0 aromatic carbocycles. The molecule has 0 aromatic heterocycles. The number of carbonyl (C=O) groups excluding carboxylic acids is 4. The number of aliphatic hydroxyl groups is 1. The minimum Gasteiger partial charge on any atom is -0.481 e. The average molecular weight is 1070 g/mol. The Morgan fingerprint density at radius 1 is 0.653 bits per heavy atom. The summed E-state index contributed by atoms with van der Waals surface area (Å²) in [5, 5.41) is 17.5. The van der Waals surface area contributed by atoms with Gasteiger partial charge in [-0.3, -0.25) is 24.0 Å². The van der Waals surface area contributed by atoms with Gasteiger partial charge in [0.25, 0.3) is 5.97 Å². The van der Waals surface area contributed by atoms with Gasteiger partial charge in [-0.2, -0.15) is 0 Å². The van der Waals surface area contributed by atoms with Gasteiger partial charge in [-0.25, -0.2) is 0 Å². The van der Waals surface area contributed by atoms with Gasteiger partial charge in [-0.05, 0) is 129 Å². The van der Waals surface area contributed by atoms with E-state index >= 15 is 0 Å². The van der Waals surface area contributed by atoms with Crippen LogP contribution in [-0.2, 0) is 47.3 Å². The van der Waals surface area contributed by atoms with Crippen LogP contribution in [0.3, 0.4) is 0 Å². The van der Waals surface area contributed by atoms with Crippen LogP contribution in [0.2, 0.25) is 18.1 Å². The van der Waals surface area contributed by atoms with Crippen LogP contribution in [0.5, 0.6) is 0 Å². The van der Waals surface area contributed by atoms with E-state index in [1.807, 2.05) is 0 Å². The Kier molecular flexibility index (Phi) is 25.6. The molecule has 0 aromatic rings. The summed E-state index contributed by atoms with van der Waals surface area (Å²) in [7, 11) is -1.97. The second-order valence-corrected chi connectivity index (χ2v) is 29.8. The molecular formula is C62H102O12Si. The lowest BCUT2D eigenvalue weighted by molar-refractivity contribution is -0.162. The summed E-state index contributed by atoms with van der Waals surface area (Å²) in [4.78, 5) is 59.7. The smallest absolute Gasteiger partial charge is 0.309 e. The fourth-order valence-electron chi connectivity index (χ4n) is 12.6. The molecule has 2 heterocycles. The van der Waals surface area contributed by atoms with Gasteiger partial charge in [0.1, 0.15) is 24.4 Å².